The van der Waals surface area contributed by atoms with Crippen molar-refractivity contribution in [1.29, 1.82) is 0 Å². The van der Waals surface area contributed by atoms with Gasteiger partial charge in [0.1, 0.15) is 36.6 Å². The highest BCUT2D eigenvalue weighted by atomic mass is 32.5. The molecule has 3 aliphatic rings. The number of aliphatic hydroxyl groups is 2. The minimum atomic E-state index is -4.21. The maximum atomic E-state index is 12.3. The lowest BCUT2D eigenvalue weighted by Crippen LogP contribution is -2.39. The first-order valence-electron chi connectivity index (χ1n) is 13.1. The normalized spacial score (nSPS) is 37.1. The van der Waals surface area contributed by atoms with Gasteiger partial charge < -0.3 is 50.0 Å². The SMILES string of the molecule is Nc1nc2c(ncn2[C@@H]2O[C@@H]3COP(O)(=S)O[C@@H]4[C@H](O)[C@@H](n5cnc6c(=O)[nH]c(N)nc65)O[C@H]4COP(O)(=S)O[C@H]3[C@H]2O)c(=O)[nH]1. The van der Waals surface area contributed by atoms with Crippen LogP contribution in [0.1, 0.15) is 12.5 Å². The van der Waals surface area contributed by atoms with Gasteiger partial charge in [-0.25, -0.2) is 9.97 Å². The first-order chi connectivity index (χ1) is 21.7. The Bertz CT molecular complexity index is 1910. The van der Waals surface area contributed by atoms with Crippen molar-refractivity contribution in [3.05, 3.63) is 33.4 Å². The first kappa shape index (κ1) is 31.8. The van der Waals surface area contributed by atoms with Crippen molar-refractivity contribution in [1.82, 2.24) is 39.0 Å². The molecule has 0 bridgehead atoms. The van der Waals surface area contributed by atoms with Crippen molar-refractivity contribution in [2.45, 2.75) is 49.1 Å². The zero-order valence-corrected chi connectivity index (χ0v) is 26.2. The van der Waals surface area contributed by atoms with E-state index in [4.69, 9.17) is 62.6 Å². The Hall–Kier alpha value is -2.80. The molecule has 2 unspecified atom stereocenters. The van der Waals surface area contributed by atoms with Crippen molar-refractivity contribution in [3.8, 4) is 0 Å². The van der Waals surface area contributed by atoms with Crippen LogP contribution in [0.4, 0.5) is 11.9 Å². The molecule has 3 saturated heterocycles. The lowest BCUT2D eigenvalue weighted by atomic mass is 10.1. The number of nitrogens with zero attached hydrogens (tertiary/aromatic N) is 6. The van der Waals surface area contributed by atoms with Gasteiger partial charge in [0.2, 0.25) is 11.9 Å². The number of imidazole rings is 2. The topological polar surface area (TPSA) is 315 Å². The summed E-state index contributed by atoms with van der Waals surface area (Å²) in [4.78, 5) is 67.3. The summed E-state index contributed by atoms with van der Waals surface area (Å²) in [5.41, 5.74) is 9.84. The summed E-state index contributed by atoms with van der Waals surface area (Å²) in [6.45, 7) is -9.57. The maximum Gasteiger partial charge on any atom is 0.325 e. The number of hydrogen-bond acceptors (Lipinski definition) is 18. The highest BCUT2D eigenvalue weighted by Crippen LogP contribution is 2.54. The molecule has 7 rings (SSSR count). The van der Waals surface area contributed by atoms with Crippen LogP contribution in [0.3, 0.4) is 0 Å². The van der Waals surface area contributed by atoms with E-state index >= 15 is 0 Å². The van der Waals surface area contributed by atoms with Gasteiger partial charge >= 0.3 is 13.4 Å². The number of H-pyrrole nitrogens is 2. The average molecular weight is 723 g/mol. The lowest BCUT2D eigenvalue weighted by molar-refractivity contribution is -0.0593. The van der Waals surface area contributed by atoms with Crippen LogP contribution in [0.5, 0.6) is 0 Å². The highest BCUT2D eigenvalue weighted by molar-refractivity contribution is 8.07. The predicted molar refractivity (Wildman–Crippen MR) is 160 cm³/mol. The summed E-state index contributed by atoms with van der Waals surface area (Å²) in [7, 11) is 0. The molecule has 7 heterocycles. The Kier molecular flexibility index (Phi) is 7.89. The van der Waals surface area contributed by atoms with Gasteiger partial charge in [-0.1, -0.05) is 0 Å². The third-order valence-corrected chi connectivity index (χ3v) is 10.5. The number of nitrogens with two attached hydrogens (primary N) is 2. The molecule has 0 aromatic carbocycles. The first-order valence-corrected chi connectivity index (χ1v) is 18.3. The fraction of sp³-hybridized carbons (Fsp3) is 0.500. The summed E-state index contributed by atoms with van der Waals surface area (Å²) >= 11 is 10.4. The molecule has 4 aromatic rings. The molecule has 0 spiro atoms. The number of nitrogen functional groups attached to an aromatic ring is 2. The van der Waals surface area contributed by atoms with Crippen LogP contribution in [-0.2, 0) is 51.2 Å². The summed E-state index contributed by atoms with van der Waals surface area (Å²) < 4.78 is 36.8. The van der Waals surface area contributed by atoms with Crippen LogP contribution in [0.2, 0.25) is 0 Å². The summed E-state index contributed by atoms with van der Waals surface area (Å²) in [5.74, 6) is -0.440. The molecule has 0 radical (unpaired) electrons. The van der Waals surface area contributed by atoms with Gasteiger partial charge in [-0.05, 0) is 23.6 Å². The Labute approximate surface area is 264 Å². The lowest BCUT2D eigenvalue weighted by Gasteiger charge is -2.30. The second kappa shape index (κ2) is 11.4. The van der Waals surface area contributed by atoms with Crippen LogP contribution >= 0.6 is 13.4 Å². The van der Waals surface area contributed by atoms with Crippen molar-refractivity contribution in [3.63, 3.8) is 0 Å². The molecule has 3 aliphatic heterocycles. The van der Waals surface area contributed by atoms with Crippen molar-refractivity contribution >= 4 is 71.3 Å². The minimum absolute atomic E-state index is 0.0273. The third-order valence-electron chi connectivity index (χ3n) is 7.38. The largest absolute Gasteiger partial charge is 0.386 e. The molecule has 0 amide bonds. The van der Waals surface area contributed by atoms with Gasteiger partial charge in [0.05, 0.1) is 25.9 Å². The fourth-order valence-electron chi connectivity index (χ4n) is 5.39. The van der Waals surface area contributed by atoms with Gasteiger partial charge in [0.15, 0.2) is 34.8 Å². The molecule has 3 fully saturated rings. The number of nitrogens with one attached hydrogen (secondary N) is 2. The monoisotopic (exact) mass is 722 g/mol. The smallest absolute Gasteiger partial charge is 0.325 e. The van der Waals surface area contributed by atoms with Crippen LogP contribution in [0, 0.1) is 0 Å². The molecule has 0 aliphatic carbocycles. The van der Waals surface area contributed by atoms with E-state index in [0.717, 1.165) is 0 Å². The highest BCUT2D eigenvalue weighted by Gasteiger charge is 2.52. The Morgan fingerprint density at radius 3 is 1.57 bits per heavy atom. The number of rotatable bonds is 2. The number of aromatic amines is 2. The van der Waals surface area contributed by atoms with E-state index in [1.807, 2.05) is 0 Å². The quantitative estimate of drug-likeness (QED) is 0.0968. The van der Waals surface area contributed by atoms with E-state index in [0.29, 0.717) is 0 Å². The molecule has 46 heavy (non-hydrogen) atoms. The number of hydrogen-bond donors (Lipinski definition) is 8. The Balaban J connectivity index is 1.18. The average Bonchev–Trinajstić information content (AvgIpc) is 3.72. The van der Waals surface area contributed by atoms with Crippen molar-refractivity contribution < 1.29 is 47.6 Å². The molecule has 248 valence electrons. The summed E-state index contributed by atoms with van der Waals surface area (Å²) in [6.07, 6.45) is -8.84. The summed E-state index contributed by atoms with van der Waals surface area (Å²) in [6, 6.07) is 0. The van der Waals surface area contributed by atoms with Gasteiger partial charge in [0, 0.05) is 0 Å². The van der Waals surface area contributed by atoms with Crippen molar-refractivity contribution in [2.24, 2.45) is 0 Å². The van der Waals surface area contributed by atoms with Gasteiger partial charge in [-0.2, -0.15) is 9.97 Å². The van der Waals surface area contributed by atoms with Gasteiger partial charge in [-0.15, -0.1) is 0 Å². The fourth-order valence-corrected chi connectivity index (χ4v) is 8.28. The van der Waals surface area contributed by atoms with E-state index < -0.39 is 86.8 Å². The van der Waals surface area contributed by atoms with E-state index in [2.05, 4.69) is 29.9 Å². The molecular formula is C20H24N10O12P2S2. The van der Waals surface area contributed by atoms with E-state index in [9.17, 15) is 29.6 Å². The molecule has 10 N–H and O–H groups in total. The minimum Gasteiger partial charge on any atom is -0.386 e. The summed E-state index contributed by atoms with van der Waals surface area (Å²) in [5, 5.41) is 22.5. The number of aliphatic hydroxyl groups excluding tert-OH is 2. The molecule has 4 aromatic heterocycles. The second-order valence-electron chi connectivity index (χ2n) is 10.3. The van der Waals surface area contributed by atoms with Crippen LogP contribution in [0.15, 0.2) is 22.2 Å². The van der Waals surface area contributed by atoms with E-state index in [1.165, 1.54) is 21.8 Å². The van der Waals surface area contributed by atoms with Crippen LogP contribution in [-0.4, -0.2) is 109 Å². The molecule has 22 nitrogen and oxygen atoms in total. The molecular weight excluding hydrogens is 698 g/mol. The standard InChI is InChI=1S/C20H24N10O12P2S2/c21-19-25-13-7(15(33)27-19)23-3-29(13)17-9(31)11-5(39-17)1-37-43(35,45)42-12-6(2-38-44(36,46)41-11)40-18(10(12)32)30-4-24-8-14(30)26-20(22)28-16(8)34/h3-6,9-12,17-18,31-32H,1-2H2,(H,35,45)(H,36,46)(H3,21,25,27,33)(H3,22,26,28,34)/t5-,6+,9-,10+,11-,12+,17-,18+,43?,44?. The van der Waals surface area contributed by atoms with Gasteiger partial charge in [-0.3, -0.25) is 37.7 Å². The molecule has 10 atom stereocenters. The van der Waals surface area contributed by atoms with Crippen molar-refractivity contribution in [2.75, 3.05) is 24.7 Å². The van der Waals surface area contributed by atoms with E-state index in [-0.39, 0.29) is 34.2 Å². The Morgan fingerprint density at radius 1 is 0.783 bits per heavy atom. The van der Waals surface area contributed by atoms with Gasteiger partial charge in [0.25, 0.3) is 11.1 Å². The number of ether oxygens (including phenoxy) is 2. The second-order valence-corrected chi connectivity index (χ2v) is 15.9. The zero-order chi connectivity index (χ0) is 32.7. The Morgan fingerprint density at radius 2 is 1.17 bits per heavy atom. The maximum absolute atomic E-state index is 12.3. The van der Waals surface area contributed by atoms with E-state index in [1.54, 1.807) is 0 Å². The number of aromatic nitrogens is 8. The zero-order valence-electron chi connectivity index (χ0n) is 22.8. The molecule has 26 heteroatoms. The number of anilines is 2. The number of fused-ring (bicyclic) bond motifs is 4. The van der Waals surface area contributed by atoms with Crippen LogP contribution < -0.4 is 22.6 Å². The molecule has 0 saturated carbocycles. The third kappa shape index (κ3) is 5.58. The van der Waals surface area contributed by atoms with Crippen LogP contribution in [0.25, 0.3) is 22.3 Å². The predicted octanol–water partition coefficient (Wildman–Crippen LogP) is -2.82.